The van der Waals surface area contributed by atoms with Gasteiger partial charge in [0.2, 0.25) is 0 Å². The van der Waals surface area contributed by atoms with Crippen LogP contribution in [-0.2, 0) is 4.79 Å². The summed E-state index contributed by atoms with van der Waals surface area (Å²) in [6.07, 6.45) is -6.75. The third kappa shape index (κ3) is 9.70. The van der Waals surface area contributed by atoms with Crippen molar-refractivity contribution in [3.05, 3.63) is 0 Å². The Morgan fingerprint density at radius 1 is 1.17 bits per heavy atom. The highest BCUT2D eigenvalue weighted by molar-refractivity contribution is 5.76. The van der Waals surface area contributed by atoms with E-state index in [0.717, 1.165) is 0 Å². The van der Waals surface area contributed by atoms with E-state index >= 15 is 0 Å². The van der Waals surface area contributed by atoms with Crippen LogP contribution in [0.25, 0.3) is 0 Å². The minimum absolute atomic E-state index is 0.0467. The minimum atomic E-state index is -4.20. The third-order valence-electron chi connectivity index (χ3n) is 1.91. The number of carbonyl (C=O) groups excluding carboxylic acids is 1. The second-order valence-corrected chi connectivity index (χ2v) is 3.56. The van der Waals surface area contributed by atoms with Crippen molar-refractivity contribution >= 4 is 12.0 Å². The molecule has 0 unspecified atom stereocenters. The van der Waals surface area contributed by atoms with Gasteiger partial charge in [0.15, 0.2) is 6.10 Å². The van der Waals surface area contributed by atoms with E-state index in [2.05, 4.69) is 10.6 Å². The fourth-order valence-corrected chi connectivity index (χ4v) is 0.992. The van der Waals surface area contributed by atoms with Crippen LogP contribution in [0.5, 0.6) is 0 Å². The standard InChI is InChI=1S/C9H15F3N2O4/c10-9(11,12)3-1-2-4-13-8(18)14-5-6(15)7(16)17/h6,15H,1-5H2,(H,16,17)(H2,13,14,18)/t6-/m0/s1. The van der Waals surface area contributed by atoms with Crippen LogP contribution in [0.1, 0.15) is 19.3 Å². The van der Waals surface area contributed by atoms with Crippen LogP contribution in [0, 0.1) is 0 Å². The summed E-state index contributed by atoms with van der Waals surface area (Å²) in [5.41, 5.74) is 0. The number of aliphatic hydroxyl groups excluding tert-OH is 1. The smallest absolute Gasteiger partial charge is 0.389 e. The van der Waals surface area contributed by atoms with Gasteiger partial charge >= 0.3 is 18.2 Å². The van der Waals surface area contributed by atoms with Gasteiger partial charge in [-0.2, -0.15) is 13.2 Å². The second-order valence-electron chi connectivity index (χ2n) is 3.56. The molecule has 1 atom stereocenters. The number of carboxylic acids is 1. The van der Waals surface area contributed by atoms with Crippen molar-refractivity contribution < 1.29 is 33.0 Å². The number of carbonyl (C=O) groups is 2. The van der Waals surface area contributed by atoms with Crippen molar-refractivity contribution in [2.75, 3.05) is 13.1 Å². The van der Waals surface area contributed by atoms with Crippen molar-refractivity contribution in [1.29, 1.82) is 0 Å². The maximum absolute atomic E-state index is 11.7. The molecular weight excluding hydrogens is 257 g/mol. The van der Waals surface area contributed by atoms with Crippen molar-refractivity contribution in [2.45, 2.75) is 31.5 Å². The second kappa shape index (κ2) is 7.75. The van der Waals surface area contributed by atoms with Crippen LogP contribution in [0.2, 0.25) is 0 Å². The van der Waals surface area contributed by atoms with Gasteiger partial charge in [-0.3, -0.25) is 0 Å². The van der Waals surface area contributed by atoms with Crippen LogP contribution < -0.4 is 10.6 Å². The molecule has 106 valence electrons. The van der Waals surface area contributed by atoms with E-state index in [-0.39, 0.29) is 19.4 Å². The Morgan fingerprint density at radius 3 is 2.28 bits per heavy atom. The van der Waals surface area contributed by atoms with Crippen LogP contribution in [-0.4, -0.2) is 47.6 Å². The lowest BCUT2D eigenvalue weighted by Crippen LogP contribution is -2.42. The zero-order valence-electron chi connectivity index (χ0n) is 9.46. The maximum atomic E-state index is 11.7. The zero-order valence-corrected chi connectivity index (χ0v) is 9.46. The largest absolute Gasteiger partial charge is 0.479 e. The number of hydrogen-bond donors (Lipinski definition) is 4. The monoisotopic (exact) mass is 272 g/mol. The quantitative estimate of drug-likeness (QED) is 0.506. The van der Waals surface area contributed by atoms with Crippen molar-refractivity contribution in [3.8, 4) is 0 Å². The van der Waals surface area contributed by atoms with Crippen LogP contribution >= 0.6 is 0 Å². The first-order valence-electron chi connectivity index (χ1n) is 5.21. The van der Waals surface area contributed by atoms with Crippen LogP contribution in [0.3, 0.4) is 0 Å². The Kier molecular flexibility index (Phi) is 7.10. The van der Waals surface area contributed by atoms with Crippen LogP contribution in [0.4, 0.5) is 18.0 Å². The normalized spacial score (nSPS) is 12.9. The summed E-state index contributed by atoms with van der Waals surface area (Å²) < 4.78 is 35.2. The fourth-order valence-electron chi connectivity index (χ4n) is 0.992. The molecule has 0 saturated carbocycles. The summed E-state index contributed by atoms with van der Waals surface area (Å²) in [4.78, 5) is 21.2. The summed E-state index contributed by atoms with van der Waals surface area (Å²) in [6, 6.07) is -0.734. The van der Waals surface area contributed by atoms with E-state index < -0.39 is 37.2 Å². The highest BCUT2D eigenvalue weighted by atomic mass is 19.4. The molecule has 18 heavy (non-hydrogen) atoms. The van der Waals surface area contributed by atoms with Gasteiger partial charge in [-0.1, -0.05) is 0 Å². The van der Waals surface area contributed by atoms with Crippen LogP contribution in [0.15, 0.2) is 0 Å². The van der Waals surface area contributed by atoms with Gasteiger partial charge in [-0.15, -0.1) is 0 Å². The first-order valence-corrected chi connectivity index (χ1v) is 5.21. The lowest BCUT2D eigenvalue weighted by molar-refractivity contribution is -0.146. The SMILES string of the molecule is O=C(NCCCCC(F)(F)F)NC[C@H](O)C(=O)O. The number of rotatable bonds is 7. The summed E-state index contributed by atoms with van der Waals surface area (Å²) in [5.74, 6) is -1.47. The lowest BCUT2D eigenvalue weighted by Gasteiger charge is -2.09. The van der Waals surface area contributed by atoms with Gasteiger partial charge < -0.3 is 20.8 Å². The molecule has 0 aromatic carbocycles. The molecule has 9 heteroatoms. The Morgan fingerprint density at radius 2 is 1.78 bits per heavy atom. The van der Waals surface area contributed by atoms with Gasteiger partial charge in [-0.25, -0.2) is 9.59 Å². The minimum Gasteiger partial charge on any atom is -0.479 e. The molecule has 0 aliphatic heterocycles. The van der Waals surface area contributed by atoms with Crippen molar-refractivity contribution in [1.82, 2.24) is 10.6 Å². The molecule has 6 nitrogen and oxygen atoms in total. The van der Waals surface area contributed by atoms with Gasteiger partial charge in [0.1, 0.15) is 0 Å². The molecule has 0 rings (SSSR count). The van der Waals surface area contributed by atoms with E-state index in [4.69, 9.17) is 10.2 Å². The average molecular weight is 272 g/mol. The topological polar surface area (TPSA) is 98.7 Å². The summed E-state index contributed by atoms with van der Waals surface area (Å²) in [6.45, 7) is -0.422. The molecule has 2 amide bonds. The maximum Gasteiger partial charge on any atom is 0.389 e. The van der Waals surface area contributed by atoms with Gasteiger partial charge in [0.25, 0.3) is 0 Å². The van der Waals surface area contributed by atoms with Gasteiger partial charge in [-0.05, 0) is 12.8 Å². The summed E-state index contributed by atoms with van der Waals surface area (Å²) in [7, 11) is 0. The number of aliphatic hydroxyl groups is 1. The molecule has 0 fully saturated rings. The molecule has 0 radical (unpaired) electrons. The highest BCUT2D eigenvalue weighted by Crippen LogP contribution is 2.21. The first-order chi connectivity index (χ1) is 8.22. The van der Waals surface area contributed by atoms with Gasteiger partial charge in [0.05, 0.1) is 6.54 Å². The molecule has 4 N–H and O–H groups in total. The Labute approximate surface area is 101 Å². The molecule has 0 aromatic rings. The number of urea groups is 1. The fraction of sp³-hybridized carbons (Fsp3) is 0.778. The number of aliphatic carboxylic acids is 1. The molecule has 0 heterocycles. The van der Waals surface area contributed by atoms with E-state index in [0.29, 0.717) is 0 Å². The predicted molar refractivity (Wildman–Crippen MR) is 55.0 cm³/mol. The Bertz CT molecular complexity index is 283. The number of amides is 2. The number of alkyl halides is 3. The zero-order chi connectivity index (χ0) is 14.2. The molecule has 0 aliphatic rings. The summed E-state index contributed by atoms with van der Waals surface area (Å²) in [5, 5.41) is 21.4. The Hall–Kier alpha value is -1.51. The van der Waals surface area contributed by atoms with Crippen molar-refractivity contribution in [3.63, 3.8) is 0 Å². The predicted octanol–water partition coefficient (Wildman–Crippen LogP) is 0.464. The molecule has 0 aromatic heterocycles. The Balaban J connectivity index is 3.52. The van der Waals surface area contributed by atoms with E-state index in [1.165, 1.54) is 0 Å². The number of unbranched alkanes of at least 4 members (excludes halogenated alkanes) is 1. The number of halogens is 3. The molecule has 0 bridgehead atoms. The number of carboxylic acid groups (broad SMARTS) is 1. The van der Waals surface area contributed by atoms with E-state index in [1.807, 2.05) is 0 Å². The molecule has 0 spiro atoms. The van der Waals surface area contributed by atoms with E-state index in [1.54, 1.807) is 0 Å². The molecule has 0 saturated heterocycles. The molecule has 0 aliphatic carbocycles. The lowest BCUT2D eigenvalue weighted by atomic mass is 10.2. The van der Waals surface area contributed by atoms with E-state index in [9.17, 15) is 22.8 Å². The third-order valence-corrected chi connectivity index (χ3v) is 1.91. The van der Waals surface area contributed by atoms with Crippen molar-refractivity contribution in [2.24, 2.45) is 0 Å². The summed E-state index contributed by atoms with van der Waals surface area (Å²) >= 11 is 0. The average Bonchev–Trinajstić information content (AvgIpc) is 2.23. The molecular formula is C9H15F3N2O4. The number of hydrogen-bond acceptors (Lipinski definition) is 3. The first kappa shape index (κ1) is 16.5. The number of nitrogens with one attached hydrogen (secondary N) is 2. The highest BCUT2D eigenvalue weighted by Gasteiger charge is 2.25. The van der Waals surface area contributed by atoms with Gasteiger partial charge in [0, 0.05) is 13.0 Å².